The highest BCUT2D eigenvalue weighted by molar-refractivity contribution is 6.38. The van der Waals surface area contributed by atoms with Crippen molar-refractivity contribution in [2.45, 2.75) is 135 Å². The third kappa shape index (κ3) is 16.9. The maximum atomic E-state index is 15.8. The molecular formula is C62H81FN6O15. The van der Waals surface area contributed by atoms with E-state index in [1.54, 1.807) is 76.3 Å². The van der Waals surface area contributed by atoms with Gasteiger partial charge in [-0.05, 0) is 134 Å². The van der Waals surface area contributed by atoms with Crippen molar-refractivity contribution in [3.05, 3.63) is 101 Å². The Hall–Kier alpha value is -7.88. The molecule has 0 saturated carbocycles. The lowest BCUT2D eigenvalue weighted by atomic mass is 9.87. The molecule has 3 aliphatic heterocycles. The third-order valence-corrected chi connectivity index (χ3v) is 15.3. The second-order valence-electron chi connectivity index (χ2n) is 23.1. The van der Waals surface area contributed by atoms with Crippen LogP contribution in [0.1, 0.15) is 115 Å². The van der Waals surface area contributed by atoms with Crippen LogP contribution in [0.4, 0.5) is 4.39 Å². The number of benzene rings is 3. The predicted molar refractivity (Wildman–Crippen MR) is 306 cm³/mol. The number of carbonyl (C=O) groups is 9. The molecule has 3 aromatic carbocycles. The lowest BCUT2D eigenvalue weighted by Gasteiger charge is -2.37. The van der Waals surface area contributed by atoms with E-state index in [-0.39, 0.29) is 69.1 Å². The molecular weight excluding hydrogens is 1090 g/mol. The van der Waals surface area contributed by atoms with Crippen LogP contribution in [0.5, 0.6) is 17.2 Å². The van der Waals surface area contributed by atoms with Gasteiger partial charge in [0.05, 0.1) is 31.8 Å². The Morgan fingerprint density at radius 3 is 2.12 bits per heavy atom. The zero-order chi connectivity index (χ0) is 61.6. The SMILES string of the molecule is COc1ccc(CC[C@H]2OC(=O)[C@@H]3CCCCN3C(=O)C(=O)C(C)(C)COC(=O)C=CCCN(C)C(=O)[C@@H]3CCCN3C(=O)[C@H](COC(C)(C)C)N(C)C(=O)C(c3ccccc3)NC(=O)[C@H](C)N(C)C(=O)COc3cc(F)cc2c3)cc1OC. The van der Waals surface area contributed by atoms with Crippen LogP contribution in [0.3, 0.4) is 0 Å². The van der Waals surface area contributed by atoms with Crippen molar-refractivity contribution in [3.8, 4) is 17.2 Å². The van der Waals surface area contributed by atoms with E-state index in [9.17, 15) is 43.2 Å². The number of ketones is 1. The fourth-order valence-corrected chi connectivity index (χ4v) is 10.1. The first-order valence-corrected chi connectivity index (χ1v) is 28.4. The second kappa shape index (κ2) is 29.1. The number of halogens is 1. The Bertz CT molecular complexity index is 2910. The van der Waals surface area contributed by atoms with Gasteiger partial charge in [-0.3, -0.25) is 33.6 Å². The zero-order valence-corrected chi connectivity index (χ0v) is 50.1. The summed E-state index contributed by atoms with van der Waals surface area (Å²) < 4.78 is 50.4. The fraction of sp³-hybridized carbons (Fsp3) is 0.532. The smallest absolute Gasteiger partial charge is 0.330 e. The van der Waals surface area contributed by atoms with Crippen molar-refractivity contribution in [1.29, 1.82) is 0 Å². The van der Waals surface area contributed by atoms with Gasteiger partial charge in [-0.2, -0.15) is 0 Å². The van der Waals surface area contributed by atoms with Gasteiger partial charge in [-0.1, -0.05) is 42.5 Å². The zero-order valence-electron chi connectivity index (χ0n) is 50.1. The minimum atomic E-state index is -1.54. The third-order valence-electron chi connectivity index (χ3n) is 15.3. The maximum Gasteiger partial charge on any atom is 0.330 e. The summed E-state index contributed by atoms with van der Waals surface area (Å²) in [7, 11) is 7.34. The molecule has 1 N–H and O–H groups in total. The summed E-state index contributed by atoms with van der Waals surface area (Å²) >= 11 is 0. The number of carbonyl (C=O) groups excluding carboxylic acids is 9. The molecule has 6 amide bonds. The first kappa shape index (κ1) is 65.3. The second-order valence-corrected chi connectivity index (χ2v) is 23.1. The average Bonchev–Trinajstić information content (AvgIpc) is 3.27. The van der Waals surface area contributed by atoms with Crippen molar-refractivity contribution >= 4 is 53.2 Å². The molecule has 21 nitrogen and oxygen atoms in total. The lowest BCUT2D eigenvalue weighted by Crippen LogP contribution is -2.58. The average molecular weight is 1170 g/mol. The molecule has 2 saturated heterocycles. The van der Waals surface area contributed by atoms with Gasteiger partial charge < -0.3 is 58.2 Å². The van der Waals surface area contributed by atoms with Crippen LogP contribution in [-0.2, 0) is 63.8 Å². The van der Waals surface area contributed by atoms with Gasteiger partial charge in [-0.25, -0.2) is 14.0 Å². The highest BCUT2D eigenvalue weighted by Gasteiger charge is 2.45. The molecule has 3 aromatic rings. The van der Waals surface area contributed by atoms with Crippen LogP contribution in [0.25, 0.3) is 0 Å². The van der Waals surface area contributed by atoms with E-state index in [4.69, 9.17) is 28.4 Å². The van der Waals surface area contributed by atoms with Crippen molar-refractivity contribution in [1.82, 2.24) is 29.8 Å². The van der Waals surface area contributed by atoms with Crippen LogP contribution in [-0.4, -0.2) is 182 Å². The first-order chi connectivity index (χ1) is 39.7. The molecule has 0 aliphatic carbocycles. The molecule has 84 heavy (non-hydrogen) atoms. The summed E-state index contributed by atoms with van der Waals surface area (Å²) in [6.07, 6.45) is 3.98. The van der Waals surface area contributed by atoms with E-state index in [2.05, 4.69) is 5.32 Å². The Balaban J connectivity index is 1.34. The number of nitrogens with zero attached hydrogens (tertiary/aromatic N) is 5. The van der Waals surface area contributed by atoms with Gasteiger partial charge >= 0.3 is 11.9 Å². The number of rotatable bonds is 8. The van der Waals surface area contributed by atoms with E-state index in [1.807, 2.05) is 0 Å². The van der Waals surface area contributed by atoms with Gasteiger partial charge in [0.25, 0.3) is 11.8 Å². The molecule has 1 unspecified atom stereocenters. The Morgan fingerprint density at radius 2 is 1.43 bits per heavy atom. The summed E-state index contributed by atoms with van der Waals surface area (Å²) in [5.74, 6) is -6.62. The number of amides is 6. The number of hydrogen-bond donors (Lipinski definition) is 1. The van der Waals surface area contributed by atoms with Gasteiger partial charge in [-0.15, -0.1) is 0 Å². The van der Waals surface area contributed by atoms with Crippen molar-refractivity contribution in [2.75, 3.05) is 74.8 Å². The number of nitrogens with one attached hydrogen (secondary N) is 1. The highest BCUT2D eigenvalue weighted by Crippen LogP contribution is 2.34. The number of piperidine rings is 1. The summed E-state index contributed by atoms with van der Waals surface area (Å²) in [5.41, 5.74) is -1.04. The molecule has 2 bridgehead atoms. The van der Waals surface area contributed by atoms with Crippen LogP contribution in [0, 0.1) is 11.2 Å². The number of esters is 2. The van der Waals surface area contributed by atoms with E-state index >= 15 is 4.39 Å². The summed E-state index contributed by atoms with van der Waals surface area (Å²) in [5, 5.41) is 2.79. The molecule has 0 aromatic heterocycles. The van der Waals surface area contributed by atoms with Crippen molar-refractivity contribution < 1.29 is 76.0 Å². The molecule has 22 heteroatoms. The number of hydrogen-bond acceptors (Lipinski definition) is 15. The van der Waals surface area contributed by atoms with E-state index in [0.29, 0.717) is 42.7 Å². The minimum Gasteiger partial charge on any atom is -0.493 e. The maximum absolute atomic E-state index is 15.8. The minimum absolute atomic E-state index is 0.0436. The van der Waals surface area contributed by atoms with Gasteiger partial charge in [0.2, 0.25) is 29.4 Å². The summed E-state index contributed by atoms with van der Waals surface area (Å²) in [6, 6.07) is 11.2. The topological polar surface area (TPSA) is 237 Å². The lowest BCUT2D eigenvalue weighted by molar-refractivity contribution is -0.165. The number of likely N-dealkylation sites (N-methyl/N-ethyl adjacent to an activating group) is 3. The van der Waals surface area contributed by atoms with Crippen LogP contribution < -0.4 is 19.5 Å². The molecule has 3 aliphatic rings. The number of aryl methyl sites for hydroxylation is 1. The van der Waals surface area contributed by atoms with E-state index in [1.165, 1.54) is 75.9 Å². The monoisotopic (exact) mass is 1170 g/mol. The van der Waals surface area contributed by atoms with Gasteiger partial charge in [0.1, 0.15) is 54.5 Å². The normalized spacial score (nSPS) is 23.7. The van der Waals surface area contributed by atoms with E-state index < -0.39 is 114 Å². The molecule has 456 valence electrons. The fourth-order valence-electron chi connectivity index (χ4n) is 10.1. The number of fused-ring (bicyclic) bond motifs is 4. The molecule has 0 spiro atoms. The predicted octanol–water partition coefficient (Wildman–Crippen LogP) is 5.71. The molecule has 2 fully saturated rings. The molecule has 6 rings (SSSR count). The quantitative estimate of drug-likeness (QED) is 0.210. The summed E-state index contributed by atoms with van der Waals surface area (Å²) in [4.78, 5) is 134. The van der Waals surface area contributed by atoms with Crippen molar-refractivity contribution in [2.24, 2.45) is 5.41 Å². The largest absolute Gasteiger partial charge is 0.493 e. The van der Waals surface area contributed by atoms with Gasteiger partial charge in [0.15, 0.2) is 18.1 Å². The van der Waals surface area contributed by atoms with Crippen LogP contribution >= 0.6 is 0 Å². The molecule has 3 heterocycles. The standard InChI is InChI=1S/C62H81FN6O15/c1-39-55(73)64-53(41-20-13-12-14-21-41)58(76)67(9)47(36-83-61(2,3)4)57(75)68-31-19-23-45(68)56(74)65(7)29-17-16-24-52(71)82-38-62(5,6)54(72)59(77)69-30-18-15-22-46(69)60(78)84-48(27-25-40-26-28-49(79-10)50(32-40)80-11)42-33-43(63)35-44(34-42)81-37-51(70)66(39)8/h12-14,16,20-21,24,26,28,32-35,39,45-48,53H,15,17-19,22-23,25,27,29-31,36-38H2,1-11H3,(H,64,73)/t39-,45-,46-,47-,48+,53?/m0/s1. The number of ether oxygens (including phenoxy) is 6. The molecule has 6 atom stereocenters. The van der Waals surface area contributed by atoms with Gasteiger partial charge in [0, 0.05) is 52.9 Å². The van der Waals surface area contributed by atoms with E-state index in [0.717, 1.165) is 33.6 Å². The van der Waals surface area contributed by atoms with Crippen molar-refractivity contribution in [3.63, 3.8) is 0 Å². The summed E-state index contributed by atoms with van der Waals surface area (Å²) in [6.45, 7) is 8.67. The Morgan fingerprint density at radius 1 is 0.738 bits per heavy atom. The Kier molecular flexibility index (Phi) is 22.6. The number of methoxy groups -OCH3 is 2. The number of cyclic esters (lactones) is 2. The Labute approximate surface area is 491 Å². The first-order valence-electron chi connectivity index (χ1n) is 28.4. The highest BCUT2D eigenvalue weighted by atomic mass is 19.1. The number of Topliss-reactive ketones (excluding diaryl/α,β-unsaturated/α-hetero) is 1. The molecule has 0 radical (unpaired) electrons. The van der Waals surface area contributed by atoms with Crippen LogP contribution in [0.2, 0.25) is 0 Å². The van der Waals surface area contributed by atoms with Crippen LogP contribution in [0.15, 0.2) is 78.9 Å².